The van der Waals surface area contributed by atoms with E-state index in [1.54, 1.807) is 0 Å². The van der Waals surface area contributed by atoms with Gasteiger partial charge in [-0.2, -0.15) is 0 Å². The summed E-state index contributed by atoms with van der Waals surface area (Å²) in [4.78, 5) is 21.8. The van der Waals surface area contributed by atoms with E-state index in [0.717, 1.165) is 0 Å². The highest BCUT2D eigenvalue weighted by molar-refractivity contribution is 7.54. The lowest BCUT2D eigenvalue weighted by molar-refractivity contribution is -0.532. The Labute approximate surface area is 121 Å². The van der Waals surface area contributed by atoms with Crippen molar-refractivity contribution in [1.29, 1.82) is 0 Å². The van der Waals surface area contributed by atoms with E-state index >= 15 is 0 Å². The van der Waals surface area contributed by atoms with E-state index in [0.29, 0.717) is 0 Å². The van der Waals surface area contributed by atoms with Crippen molar-refractivity contribution < 1.29 is 32.5 Å². The molecule has 2 unspecified atom stereocenters. The Bertz CT molecular complexity index is 463. The van der Waals surface area contributed by atoms with Crippen LogP contribution in [0.2, 0.25) is 0 Å². The molecule has 0 heterocycles. The van der Waals surface area contributed by atoms with Crippen molar-refractivity contribution in [1.82, 2.24) is 0 Å². The molecule has 2 atom stereocenters. The van der Waals surface area contributed by atoms with Gasteiger partial charge >= 0.3 is 19.1 Å². The monoisotopic (exact) mass is 327 g/mol. The summed E-state index contributed by atoms with van der Waals surface area (Å²) < 4.78 is 41.4. The third kappa shape index (κ3) is 3.25. The molecule has 0 aliphatic heterocycles. The molecule has 0 bridgehead atoms. The Morgan fingerprint density at radius 3 is 2.19 bits per heavy atom. The number of nitrogens with zero attached hydrogens (tertiary/aromatic N) is 1. The maximum Gasteiger partial charge on any atom is 0.388 e. The van der Waals surface area contributed by atoms with Gasteiger partial charge in [0.2, 0.25) is 5.67 Å². The Morgan fingerprint density at radius 1 is 1.29 bits per heavy atom. The highest BCUT2D eigenvalue weighted by Gasteiger charge is 2.87. The zero-order valence-electron chi connectivity index (χ0n) is 12.2. The number of nitro groups is 1. The average molecular weight is 327 g/mol. The first-order valence-corrected chi connectivity index (χ1v) is 8.33. The van der Waals surface area contributed by atoms with Gasteiger partial charge in [0.1, 0.15) is 0 Å². The molecular weight excluding hydrogens is 308 g/mol. The zero-order valence-corrected chi connectivity index (χ0v) is 13.1. The summed E-state index contributed by atoms with van der Waals surface area (Å²) in [5.41, 5.74) is -5.12. The minimum Gasteiger partial charge on any atom is -0.461 e. The SMILES string of the molecule is CCOC(=O)C1([N+](=O)[O-])CC1(F)CP(=O)(OCC)OCC. The standard InChI is InChI=1S/C11H19FNO7P/c1-4-18-9(14)11(13(15)16)7-10(11,12)8-21(17,19-5-2)20-6-3/h4-8H2,1-3H3. The molecule has 1 aliphatic carbocycles. The van der Waals surface area contributed by atoms with Crippen LogP contribution in [0.3, 0.4) is 0 Å². The van der Waals surface area contributed by atoms with Gasteiger partial charge in [-0.25, -0.2) is 9.18 Å². The summed E-state index contributed by atoms with van der Waals surface area (Å²) in [5.74, 6) is -1.27. The average Bonchev–Trinajstić information content (AvgIpc) is 2.96. The van der Waals surface area contributed by atoms with E-state index in [9.17, 15) is 23.9 Å². The second-order valence-electron chi connectivity index (χ2n) is 4.58. The lowest BCUT2D eigenvalue weighted by atomic mass is 10.2. The van der Waals surface area contributed by atoms with E-state index in [-0.39, 0.29) is 19.8 Å². The molecule has 1 fully saturated rings. The molecule has 1 saturated carbocycles. The number of rotatable bonds is 9. The number of hydrogen-bond donors (Lipinski definition) is 0. The third-order valence-electron chi connectivity index (χ3n) is 3.17. The minimum absolute atomic E-state index is 0.00176. The van der Waals surface area contributed by atoms with E-state index in [1.807, 2.05) is 0 Å². The maximum absolute atomic E-state index is 14.7. The fraction of sp³-hybridized carbons (Fsp3) is 0.909. The summed E-state index contributed by atoms with van der Waals surface area (Å²) in [7, 11) is -3.84. The number of carbonyl (C=O) groups excluding carboxylic acids is 1. The minimum atomic E-state index is -3.84. The zero-order chi connectivity index (χ0) is 16.3. The molecule has 1 rings (SSSR count). The molecule has 10 heteroatoms. The first-order chi connectivity index (χ1) is 9.71. The molecule has 0 spiro atoms. The molecule has 0 aromatic heterocycles. The van der Waals surface area contributed by atoms with Crippen molar-refractivity contribution in [2.45, 2.75) is 38.4 Å². The van der Waals surface area contributed by atoms with Crippen molar-refractivity contribution in [3.8, 4) is 0 Å². The molecule has 21 heavy (non-hydrogen) atoms. The summed E-state index contributed by atoms with van der Waals surface area (Å²) >= 11 is 0. The molecular formula is C11H19FNO7P. The number of halogens is 1. The largest absolute Gasteiger partial charge is 0.461 e. The first-order valence-electron chi connectivity index (χ1n) is 6.60. The molecule has 122 valence electrons. The van der Waals surface area contributed by atoms with E-state index in [4.69, 9.17) is 9.05 Å². The Kier molecular flexibility index (Phi) is 5.46. The fourth-order valence-electron chi connectivity index (χ4n) is 2.19. The molecule has 0 aromatic carbocycles. The number of alkyl halides is 1. The summed E-state index contributed by atoms with van der Waals surface area (Å²) in [6.07, 6.45) is -1.54. The highest BCUT2D eigenvalue weighted by atomic mass is 31.2. The predicted octanol–water partition coefficient (Wildman–Crippen LogP) is 1.94. The van der Waals surface area contributed by atoms with E-state index < -0.39 is 42.3 Å². The smallest absolute Gasteiger partial charge is 0.388 e. The second kappa shape index (κ2) is 6.37. The van der Waals surface area contributed by atoms with Crippen molar-refractivity contribution >= 4 is 13.6 Å². The van der Waals surface area contributed by atoms with Crippen molar-refractivity contribution in [2.75, 3.05) is 26.0 Å². The summed E-state index contributed by atoms with van der Waals surface area (Å²) in [6, 6.07) is 0. The van der Waals surface area contributed by atoms with Crippen LogP contribution in [-0.4, -0.2) is 48.1 Å². The summed E-state index contributed by atoms with van der Waals surface area (Å²) in [6.45, 7) is 4.42. The van der Waals surface area contributed by atoms with Crippen LogP contribution in [0.4, 0.5) is 4.39 Å². The van der Waals surface area contributed by atoms with Crippen LogP contribution in [0.5, 0.6) is 0 Å². The maximum atomic E-state index is 14.7. The molecule has 0 saturated heterocycles. The number of carbonyl (C=O) groups is 1. The Hall–Kier alpha value is -1.05. The lowest BCUT2D eigenvalue weighted by Crippen LogP contribution is -2.42. The second-order valence-corrected chi connectivity index (χ2v) is 6.64. The Morgan fingerprint density at radius 2 is 1.81 bits per heavy atom. The van der Waals surface area contributed by atoms with Crippen molar-refractivity contribution in [3.05, 3.63) is 10.1 Å². The Balaban J connectivity index is 2.99. The van der Waals surface area contributed by atoms with E-state index in [2.05, 4.69) is 4.74 Å². The van der Waals surface area contributed by atoms with Crippen LogP contribution in [0.15, 0.2) is 0 Å². The first kappa shape index (κ1) is 18.0. The van der Waals surface area contributed by atoms with Gasteiger partial charge in [-0.15, -0.1) is 0 Å². The van der Waals surface area contributed by atoms with Gasteiger partial charge in [-0.05, 0) is 20.8 Å². The van der Waals surface area contributed by atoms with Crippen LogP contribution in [-0.2, 0) is 23.1 Å². The van der Waals surface area contributed by atoms with Crippen molar-refractivity contribution in [3.63, 3.8) is 0 Å². The normalized spacial score (nSPS) is 28.2. The number of hydrogen-bond acceptors (Lipinski definition) is 7. The molecule has 1 aliphatic rings. The predicted molar refractivity (Wildman–Crippen MR) is 70.5 cm³/mol. The third-order valence-corrected chi connectivity index (χ3v) is 5.36. The van der Waals surface area contributed by atoms with Crippen LogP contribution < -0.4 is 0 Å². The van der Waals surface area contributed by atoms with E-state index in [1.165, 1.54) is 20.8 Å². The van der Waals surface area contributed by atoms with Gasteiger partial charge in [-0.3, -0.25) is 14.7 Å². The van der Waals surface area contributed by atoms with Crippen LogP contribution in [0, 0.1) is 10.1 Å². The number of ether oxygens (including phenoxy) is 1. The van der Waals surface area contributed by atoms with Crippen LogP contribution in [0.1, 0.15) is 27.2 Å². The fourth-order valence-corrected chi connectivity index (χ4v) is 4.22. The lowest BCUT2D eigenvalue weighted by Gasteiger charge is -2.19. The van der Waals surface area contributed by atoms with Gasteiger partial charge in [-0.1, -0.05) is 0 Å². The number of esters is 1. The van der Waals surface area contributed by atoms with Gasteiger partial charge in [0.15, 0.2) is 0 Å². The molecule has 0 radical (unpaired) electrons. The van der Waals surface area contributed by atoms with Gasteiger partial charge in [0.25, 0.3) is 0 Å². The molecule has 0 N–H and O–H groups in total. The van der Waals surface area contributed by atoms with Crippen molar-refractivity contribution in [2.24, 2.45) is 0 Å². The van der Waals surface area contributed by atoms with Gasteiger partial charge < -0.3 is 13.8 Å². The van der Waals surface area contributed by atoms with Crippen LogP contribution in [0.25, 0.3) is 0 Å². The summed E-state index contributed by atoms with van der Waals surface area (Å²) in [5, 5.41) is 11.1. The quantitative estimate of drug-likeness (QED) is 0.276. The molecule has 0 aromatic rings. The van der Waals surface area contributed by atoms with Gasteiger partial charge in [0.05, 0.1) is 32.4 Å². The molecule has 8 nitrogen and oxygen atoms in total. The molecule has 0 amide bonds. The van der Waals surface area contributed by atoms with Crippen LogP contribution >= 0.6 is 7.60 Å². The van der Waals surface area contributed by atoms with Gasteiger partial charge in [0, 0.05) is 4.92 Å². The highest BCUT2D eigenvalue weighted by Crippen LogP contribution is 2.63. The topological polar surface area (TPSA) is 105 Å².